The monoisotopic (exact) mass is 574 g/mol. The summed E-state index contributed by atoms with van der Waals surface area (Å²) in [6.07, 6.45) is 1.94. The topological polar surface area (TPSA) is 24.4 Å². The van der Waals surface area contributed by atoms with Gasteiger partial charge in [-0.1, -0.05) is 146 Å². The highest BCUT2D eigenvalue weighted by Gasteiger charge is 2.17. The van der Waals surface area contributed by atoms with Gasteiger partial charge in [0.2, 0.25) is 0 Å². The maximum atomic E-state index is 4.86. The quantitative estimate of drug-likeness (QED) is 0.155. The molecule has 0 fully saturated rings. The molecule has 8 aromatic rings. The van der Waals surface area contributed by atoms with Gasteiger partial charge in [-0.3, -0.25) is 4.99 Å². The van der Waals surface area contributed by atoms with Crippen molar-refractivity contribution in [3.63, 3.8) is 0 Å². The number of benzene rings is 8. The van der Waals surface area contributed by atoms with E-state index in [2.05, 4.69) is 139 Å². The van der Waals surface area contributed by atoms with Crippen LogP contribution in [0.1, 0.15) is 5.56 Å². The molecule has 212 valence electrons. The Hall–Kier alpha value is -5.99. The van der Waals surface area contributed by atoms with Gasteiger partial charge in [0, 0.05) is 11.9 Å². The standard InChI is InChI=1S/C43H30N2/c1-2-15-33(16-3-1)45-41-24-11-10-23-40(41)44-29-30-25-27-32(28-26-30)42-36-18-6-8-20-38(36)43(39-21-9-7-19-37(39)42)35-22-12-14-31-13-4-5-17-34(31)35/h1-29,45H/b44-29+. The molecule has 0 spiro atoms. The molecule has 0 saturated carbocycles. The number of nitrogens with one attached hydrogen (secondary N) is 1. The van der Waals surface area contributed by atoms with Crippen molar-refractivity contribution >= 4 is 55.6 Å². The fourth-order valence-corrected chi connectivity index (χ4v) is 6.42. The van der Waals surface area contributed by atoms with Crippen molar-refractivity contribution in [3.05, 3.63) is 175 Å². The number of para-hydroxylation sites is 3. The van der Waals surface area contributed by atoms with Gasteiger partial charge in [-0.15, -0.1) is 0 Å². The summed E-state index contributed by atoms with van der Waals surface area (Å²) in [6.45, 7) is 0. The molecule has 0 unspecified atom stereocenters. The first kappa shape index (κ1) is 26.6. The molecule has 0 atom stereocenters. The molecule has 0 saturated heterocycles. The average molecular weight is 575 g/mol. The van der Waals surface area contributed by atoms with E-state index in [0.29, 0.717) is 0 Å². The van der Waals surface area contributed by atoms with Crippen molar-refractivity contribution in [3.8, 4) is 22.3 Å². The molecule has 1 N–H and O–H groups in total. The van der Waals surface area contributed by atoms with E-state index in [1.807, 2.05) is 42.6 Å². The molecule has 0 aliphatic carbocycles. The molecule has 0 aromatic heterocycles. The van der Waals surface area contributed by atoms with Gasteiger partial charge in [-0.05, 0) is 84.4 Å². The fraction of sp³-hybridized carbons (Fsp3) is 0. The number of nitrogens with zero attached hydrogens (tertiary/aromatic N) is 1. The number of aliphatic imine (C=N–C) groups is 1. The Morgan fingerprint density at radius 1 is 0.422 bits per heavy atom. The molecule has 0 heterocycles. The minimum absolute atomic E-state index is 0.895. The van der Waals surface area contributed by atoms with Gasteiger partial charge in [-0.2, -0.15) is 0 Å². The number of hydrogen-bond acceptors (Lipinski definition) is 2. The molecule has 0 aliphatic rings. The lowest BCUT2D eigenvalue weighted by molar-refractivity contribution is 1.48. The summed E-state index contributed by atoms with van der Waals surface area (Å²) in [6, 6.07) is 60.1. The minimum Gasteiger partial charge on any atom is -0.354 e. The maximum Gasteiger partial charge on any atom is 0.0864 e. The first-order valence-corrected chi connectivity index (χ1v) is 15.3. The summed E-state index contributed by atoms with van der Waals surface area (Å²) >= 11 is 0. The zero-order valence-corrected chi connectivity index (χ0v) is 24.7. The van der Waals surface area contributed by atoms with Crippen LogP contribution in [0.4, 0.5) is 17.1 Å². The Labute approximate surface area is 263 Å². The summed E-state index contributed by atoms with van der Waals surface area (Å²) in [5.41, 5.74) is 8.95. The highest BCUT2D eigenvalue weighted by molar-refractivity contribution is 6.23. The summed E-state index contributed by atoms with van der Waals surface area (Å²) < 4.78 is 0. The van der Waals surface area contributed by atoms with Crippen LogP contribution in [-0.2, 0) is 0 Å². The van der Waals surface area contributed by atoms with E-state index < -0.39 is 0 Å². The van der Waals surface area contributed by atoms with Gasteiger partial charge in [0.15, 0.2) is 0 Å². The van der Waals surface area contributed by atoms with E-state index in [0.717, 1.165) is 22.6 Å². The number of hydrogen-bond donors (Lipinski definition) is 1. The maximum absolute atomic E-state index is 4.86. The first-order valence-electron chi connectivity index (χ1n) is 15.3. The molecule has 2 nitrogen and oxygen atoms in total. The molecule has 0 amide bonds. The molecular formula is C43H30N2. The van der Waals surface area contributed by atoms with E-state index in [-0.39, 0.29) is 0 Å². The highest BCUT2D eigenvalue weighted by atomic mass is 14.9. The van der Waals surface area contributed by atoms with Crippen LogP contribution in [0.5, 0.6) is 0 Å². The number of rotatable bonds is 6. The van der Waals surface area contributed by atoms with Crippen LogP contribution in [0.2, 0.25) is 0 Å². The molecule has 0 bridgehead atoms. The van der Waals surface area contributed by atoms with Crippen molar-refractivity contribution in [2.45, 2.75) is 0 Å². The van der Waals surface area contributed by atoms with Crippen molar-refractivity contribution < 1.29 is 0 Å². The van der Waals surface area contributed by atoms with Gasteiger partial charge in [-0.25, -0.2) is 0 Å². The fourth-order valence-electron chi connectivity index (χ4n) is 6.42. The Balaban J connectivity index is 1.22. The summed E-state index contributed by atoms with van der Waals surface area (Å²) in [4.78, 5) is 4.86. The average Bonchev–Trinajstić information content (AvgIpc) is 3.11. The zero-order valence-electron chi connectivity index (χ0n) is 24.7. The third-order valence-corrected chi connectivity index (χ3v) is 8.50. The van der Waals surface area contributed by atoms with Crippen LogP contribution in [0.25, 0.3) is 54.6 Å². The highest BCUT2D eigenvalue weighted by Crippen LogP contribution is 2.45. The SMILES string of the molecule is C(=N\c1ccccc1Nc1ccccc1)/c1ccc(-c2c3ccccc3c(-c3cccc4ccccc34)c3ccccc23)cc1. The van der Waals surface area contributed by atoms with Crippen molar-refractivity contribution in [1.29, 1.82) is 0 Å². The second kappa shape index (κ2) is 11.6. The summed E-state index contributed by atoms with van der Waals surface area (Å²) in [5.74, 6) is 0. The number of anilines is 2. The molecule has 0 aliphatic heterocycles. The van der Waals surface area contributed by atoms with E-state index >= 15 is 0 Å². The minimum atomic E-state index is 0.895. The number of fused-ring (bicyclic) bond motifs is 3. The van der Waals surface area contributed by atoms with Crippen LogP contribution in [-0.4, -0.2) is 6.21 Å². The predicted octanol–water partition coefficient (Wildman–Crippen LogP) is 12.0. The van der Waals surface area contributed by atoms with Gasteiger partial charge < -0.3 is 5.32 Å². The second-order valence-corrected chi connectivity index (χ2v) is 11.3. The molecule has 45 heavy (non-hydrogen) atoms. The van der Waals surface area contributed by atoms with E-state index in [1.165, 1.54) is 54.6 Å². The zero-order chi connectivity index (χ0) is 30.0. The van der Waals surface area contributed by atoms with Crippen LogP contribution in [0.15, 0.2) is 175 Å². The van der Waals surface area contributed by atoms with Crippen LogP contribution in [0, 0.1) is 0 Å². The summed E-state index contributed by atoms with van der Waals surface area (Å²) in [5, 5.41) is 11.0. The van der Waals surface area contributed by atoms with Crippen LogP contribution >= 0.6 is 0 Å². The lowest BCUT2D eigenvalue weighted by Gasteiger charge is -2.18. The first-order chi connectivity index (χ1) is 22.3. The Morgan fingerprint density at radius 2 is 0.978 bits per heavy atom. The van der Waals surface area contributed by atoms with Crippen molar-refractivity contribution in [2.75, 3.05) is 5.32 Å². The second-order valence-electron chi connectivity index (χ2n) is 11.3. The molecular weight excluding hydrogens is 544 g/mol. The Kier molecular flexibility index (Phi) is 6.86. The largest absolute Gasteiger partial charge is 0.354 e. The van der Waals surface area contributed by atoms with Gasteiger partial charge >= 0.3 is 0 Å². The molecule has 8 rings (SSSR count). The third-order valence-electron chi connectivity index (χ3n) is 8.50. The molecule has 2 heteroatoms. The Bertz CT molecular complexity index is 2270. The van der Waals surface area contributed by atoms with Gasteiger partial charge in [0.25, 0.3) is 0 Å². The third kappa shape index (κ3) is 5.03. The van der Waals surface area contributed by atoms with E-state index in [1.54, 1.807) is 0 Å². The van der Waals surface area contributed by atoms with E-state index in [9.17, 15) is 0 Å². The summed E-state index contributed by atoms with van der Waals surface area (Å²) in [7, 11) is 0. The van der Waals surface area contributed by atoms with Gasteiger partial charge in [0.1, 0.15) is 0 Å². The lowest BCUT2D eigenvalue weighted by atomic mass is 9.84. The normalized spacial score (nSPS) is 11.5. The molecule has 8 aromatic carbocycles. The van der Waals surface area contributed by atoms with Crippen molar-refractivity contribution in [2.24, 2.45) is 4.99 Å². The predicted molar refractivity (Wildman–Crippen MR) is 193 cm³/mol. The smallest absolute Gasteiger partial charge is 0.0864 e. The van der Waals surface area contributed by atoms with Crippen LogP contribution < -0.4 is 5.32 Å². The lowest BCUT2D eigenvalue weighted by Crippen LogP contribution is -1.92. The van der Waals surface area contributed by atoms with Crippen molar-refractivity contribution in [1.82, 2.24) is 0 Å². The Morgan fingerprint density at radius 3 is 1.69 bits per heavy atom. The van der Waals surface area contributed by atoms with Gasteiger partial charge in [0.05, 0.1) is 11.4 Å². The van der Waals surface area contributed by atoms with Crippen LogP contribution in [0.3, 0.4) is 0 Å². The molecule has 0 radical (unpaired) electrons. The van der Waals surface area contributed by atoms with E-state index in [4.69, 9.17) is 4.99 Å².